The number of anilines is 1. The highest BCUT2D eigenvalue weighted by molar-refractivity contribution is 6.04. The van der Waals surface area contributed by atoms with Gasteiger partial charge in [-0.25, -0.2) is 4.39 Å². The lowest BCUT2D eigenvalue weighted by Gasteiger charge is -2.11. The van der Waals surface area contributed by atoms with E-state index in [2.05, 4.69) is 10.6 Å². The van der Waals surface area contributed by atoms with Crippen molar-refractivity contribution < 1.29 is 23.5 Å². The predicted molar refractivity (Wildman–Crippen MR) is 138 cm³/mol. The number of primary amides is 1. The molecule has 0 aliphatic heterocycles. The van der Waals surface area contributed by atoms with E-state index in [0.29, 0.717) is 22.6 Å². The topological polar surface area (TPSA) is 111 Å². The van der Waals surface area contributed by atoms with Gasteiger partial charge in [-0.1, -0.05) is 36.4 Å². The molecule has 0 spiro atoms. The Balaban J connectivity index is 1.34. The highest BCUT2D eigenvalue weighted by atomic mass is 19.1. The third-order valence-corrected chi connectivity index (χ3v) is 5.48. The molecule has 186 valence electrons. The van der Waals surface area contributed by atoms with Crippen LogP contribution in [0.1, 0.15) is 42.2 Å². The summed E-state index contributed by atoms with van der Waals surface area (Å²) in [4.78, 5) is 36.7. The summed E-state index contributed by atoms with van der Waals surface area (Å²) in [5, 5.41) is 5.63. The summed E-state index contributed by atoms with van der Waals surface area (Å²) in [7, 11) is 0. The molecular formula is C29H24FN3O4. The lowest BCUT2D eigenvalue weighted by atomic mass is 10.1. The Hall–Kier alpha value is -4.98. The Bertz CT molecular complexity index is 1440. The molecule has 0 aliphatic rings. The smallest absolute Gasteiger partial charge is 0.255 e. The minimum atomic E-state index is -0.581. The average molecular weight is 498 g/mol. The second-order valence-corrected chi connectivity index (χ2v) is 8.19. The third kappa shape index (κ3) is 6.79. The van der Waals surface area contributed by atoms with Gasteiger partial charge in [-0.15, -0.1) is 0 Å². The zero-order chi connectivity index (χ0) is 26.2. The number of para-hydroxylation sites is 1. The Labute approximate surface area is 213 Å². The van der Waals surface area contributed by atoms with Crippen LogP contribution in [0, 0.1) is 5.82 Å². The van der Waals surface area contributed by atoms with Gasteiger partial charge < -0.3 is 21.1 Å². The fourth-order valence-corrected chi connectivity index (χ4v) is 3.61. The first-order valence-electron chi connectivity index (χ1n) is 11.4. The molecule has 0 fully saturated rings. The van der Waals surface area contributed by atoms with Gasteiger partial charge in [0.15, 0.2) is 0 Å². The van der Waals surface area contributed by atoms with Crippen LogP contribution in [0.3, 0.4) is 0 Å². The van der Waals surface area contributed by atoms with E-state index in [-0.39, 0.29) is 30.5 Å². The van der Waals surface area contributed by atoms with E-state index in [0.717, 1.165) is 11.1 Å². The number of halogens is 1. The lowest BCUT2D eigenvalue weighted by molar-refractivity contribution is 0.0948. The molecule has 4 aromatic carbocycles. The molecule has 0 aliphatic carbocycles. The number of hydrogen-bond donors (Lipinski definition) is 3. The Kier molecular flexibility index (Phi) is 7.90. The van der Waals surface area contributed by atoms with E-state index < -0.39 is 11.7 Å². The molecule has 0 saturated heterocycles. The number of benzene rings is 4. The zero-order valence-corrected chi connectivity index (χ0v) is 19.7. The maximum absolute atomic E-state index is 13.1. The van der Waals surface area contributed by atoms with E-state index in [1.165, 1.54) is 24.3 Å². The van der Waals surface area contributed by atoms with Crippen LogP contribution >= 0.6 is 0 Å². The van der Waals surface area contributed by atoms with Crippen molar-refractivity contribution in [3.8, 4) is 5.75 Å². The van der Waals surface area contributed by atoms with Gasteiger partial charge in [0.2, 0.25) is 0 Å². The summed E-state index contributed by atoms with van der Waals surface area (Å²) in [5.41, 5.74) is 8.54. The molecule has 0 bridgehead atoms. The molecule has 37 heavy (non-hydrogen) atoms. The largest absolute Gasteiger partial charge is 0.488 e. The van der Waals surface area contributed by atoms with Gasteiger partial charge in [0, 0.05) is 23.4 Å². The Morgan fingerprint density at radius 3 is 2.27 bits per heavy atom. The molecule has 4 rings (SSSR count). The maximum Gasteiger partial charge on any atom is 0.255 e. The zero-order valence-electron chi connectivity index (χ0n) is 19.7. The minimum Gasteiger partial charge on any atom is -0.488 e. The van der Waals surface area contributed by atoms with Crippen LogP contribution < -0.4 is 21.1 Å². The molecule has 0 heterocycles. The van der Waals surface area contributed by atoms with Crippen LogP contribution in [0.2, 0.25) is 0 Å². The number of nitrogens with one attached hydrogen (secondary N) is 2. The molecule has 8 heteroatoms. The third-order valence-electron chi connectivity index (χ3n) is 5.48. The quantitative estimate of drug-likeness (QED) is 0.312. The van der Waals surface area contributed by atoms with Crippen molar-refractivity contribution in [2.75, 3.05) is 5.32 Å². The van der Waals surface area contributed by atoms with E-state index >= 15 is 0 Å². The van der Waals surface area contributed by atoms with Crippen molar-refractivity contribution in [1.82, 2.24) is 5.32 Å². The van der Waals surface area contributed by atoms with Crippen LogP contribution in [0.15, 0.2) is 97.1 Å². The van der Waals surface area contributed by atoms with Crippen molar-refractivity contribution >= 4 is 23.4 Å². The summed E-state index contributed by atoms with van der Waals surface area (Å²) in [6.07, 6.45) is 0. The molecule has 0 radical (unpaired) electrons. The molecule has 0 aromatic heterocycles. The van der Waals surface area contributed by atoms with Crippen molar-refractivity contribution in [2.45, 2.75) is 13.2 Å². The molecule has 0 unspecified atom stereocenters. The van der Waals surface area contributed by atoms with Gasteiger partial charge in [0.05, 0.1) is 5.56 Å². The minimum absolute atomic E-state index is 0.154. The standard InChI is InChI=1S/C29H24FN3O4/c30-23-13-11-21(12-14-23)29(36)33-24-8-4-5-19(16-24)17-32-28(35)22-7-3-6-20(15-22)18-37-26-10-2-1-9-25(26)27(31)34/h1-16H,17-18H2,(H2,31,34)(H,32,35)(H,33,36). The SMILES string of the molecule is NC(=O)c1ccccc1OCc1cccc(C(=O)NCc2cccc(NC(=O)c3ccc(F)cc3)c2)c1. The first kappa shape index (κ1) is 25.1. The first-order valence-corrected chi connectivity index (χ1v) is 11.4. The van der Waals surface area contributed by atoms with E-state index in [9.17, 15) is 18.8 Å². The summed E-state index contributed by atoms with van der Waals surface area (Å²) in [5.74, 6) is -1.27. The highest BCUT2D eigenvalue weighted by Gasteiger charge is 2.11. The van der Waals surface area contributed by atoms with E-state index in [4.69, 9.17) is 10.5 Å². The fraction of sp³-hybridized carbons (Fsp3) is 0.0690. The molecule has 4 N–H and O–H groups in total. The number of carbonyl (C=O) groups is 3. The molecule has 3 amide bonds. The maximum atomic E-state index is 13.1. The van der Waals surface area contributed by atoms with Crippen LogP contribution in [0.5, 0.6) is 5.75 Å². The van der Waals surface area contributed by atoms with Gasteiger partial charge in [0.25, 0.3) is 17.7 Å². The molecular weight excluding hydrogens is 473 g/mol. The normalized spacial score (nSPS) is 10.4. The van der Waals surface area contributed by atoms with Crippen LogP contribution in [-0.4, -0.2) is 17.7 Å². The van der Waals surface area contributed by atoms with Crippen molar-refractivity contribution in [3.63, 3.8) is 0 Å². The average Bonchev–Trinajstić information content (AvgIpc) is 2.91. The van der Waals surface area contributed by atoms with Crippen molar-refractivity contribution in [3.05, 3.63) is 131 Å². The Morgan fingerprint density at radius 2 is 1.49 bits per heavy atom. The number of carbonyl (C=O) groups excluding carboxylic acids is 3. The van der Waals surface area contributed by atoms with Crippen LogP contribution in [-0.2, 0) is 13.2 Å². The molecule has 0 saturated carbocycles. The number of nitrogens with two attached hydrogens (primary N) is 1. The summed E-state index contributed by atoms with van der Waals surface area (Å²) in [6.45, 7) is 0.396. The van der Waals surface area contributed by atoms with Gasteiger partial charge in [-0.05, 0) is 71.8 Å². The first-order chi connectivity index (χ1) is 17.9. The molecule has 7 nitrogen and oxygen atoms in total. The van der Waals surface area contributed by atoms with Crippen LogP contribution in [0.4, 0.5) is 10.1 Å². The summed E-state index contributed by atoms with van der Waals surface area (Å²) in [6, 6.07) is 26.0. The van der Waals surface area contributed by atoms with E-state index in [1.54, 1.807) is 60.7 Å². The number of rotatable bonds is 9. The van der Waals surface area contributed by atoms with Crippen molar-refractivity contribution in [1.29, 1.82) is 0 Å². The van der Waals surface area contributed by atoms with Gasteiger partial charge in [-0.3, -0.25) is 14.4 Å². The summed E-state index contributed by atoms with van der Waals surface area (Å²) < 4.78 is 18.8. The lowest BCUT2D eigenvalue weighted by Crippen LogP contribution is -2.23. The number of ether oxygens (including phenoxy) is 1. The number of hydrogen-bond acceptors (Lipinski definition) is 4. The molecule has 4 aromatic rings. The second kappa shape index (κ2) is 11.6. The van der Waals surface area contributed by atoms with Crippen LogP contribution in [0.25, 0.3) is 0 Å². The highest BCUT2D eigenvalue weighted by Crippen LogP contribution is 2.19. The van der Waals surface area contributed by atoms with Crippen molar-refractivity contribution in [2.24, 2.45) is 5.73 Å². The van der Waals surface area contributed by atoms with Gasteiger partial charge in [-0.2, -0.15) is 0 Å². The molecule has 0 atom stereocenters. The van der Waals surface area contributed by atoms with Gasteiger partial charge in [0.1, 0.15) is 18.2 Å². The van der Waals surface area contributed by atoms with E-state index in [1.807, 2.05) is 12.1 Å². The monoisotopic (exact) mass is 497 g/mol. The predicted octanol–water partition coefficient (Wildman–Crippen LogP) is 4.69. The number of amides is 3. The second-order valence-electron chi connectivity index (χ2n) is 8.19. The van der Waals surface area contributed by atoms with Gasteiger partial charge >= 0.3 is 0 Å². The fourth-order valence-electron chi connectivity index (χ4n) is 3.61. The summed E-state index contributed by atoms with van der Waals surface area (Å²) >= 11 is 0. The Morgan fingerprint density at radius 1 is 0.757 bits per heavy atom.